The van der Waals surface area contributed by atoms with Crippen LogP contribution in [0.15, 0.2) is 0 Å². The van der Waals surface area contributed by atoms with Crippen LogP contribution in [0.1, 0.15) is 30.7 Å². The van der Waals surface area contributed by atoms with Gasteiger partial charge in [-0.2, -0.15) is 5.10 Å². The second-order valence-electron chi connectivity index (χ2n) is 4.81. The number of anilines is 1. The van der Waals surface area contributed by atoms with E-state index in [9.17, 15) is 8.42 Å². The zero-order valence-corrected chi connectivity index (χ0v) is 12.0. The first-order valence-corrected chi connectivity index (χ1v) is 8.03. The molecule has 1 aliphatic rings. The number of rotatable bonds is 7. The molecule has 0 saturated heterocycles. The third-order valence-corrected chi connectivity index (χ3v) is 4.26. The Bertz CT molecular complexity index is 542. The maximum absolute atomic E-state index is 11.8. The summed E-state index contributed by atoms with van der Waals surface area (Å²) >= 11 is 0. The number of aryl methyl sites for hydroxylation is 2. The van der Waals surface area contributed by atoms with Crippen molar-refractivity contribution < 1.29 is 8.42 Å². The van der Waals surface area contributed by atoms with Gasteiger partial charge in [-0.05, 0) is 39.7 Å². The van der Waals surface area contributed by atoms with Crippen molar-refractivity contribution in [2.24, 2.45) is 0 Å². The molecule has 1 fully saturated rings. The molecule has 2 N–H and O–H groups in total. The van der Waals surface area contributed by atoms with Gasteiger partial charge < -0.3 is 5.32 Å². The second kappa shape index (κ2) is 5.79. The van der Waals surface area contributed by atoms with Crippen LogP contribution >= 0.6 is 0 Å². The van der Waals surface area contributed by atoms with Crippen molar-refractivity contribution in [2.75, 3.05) is 17.0 Å². The predicted molar refractivity (Wildman–Crippen MR) is 72.4 cm³/mol. The van der Waals surface area contributed by atoms with Gasteiger partial charge in [-0.3, -0.25) is 0 Å². The summed E-state index contributed by atoms with van der Waals surface area (Å²) in [6.07, 6.45) is 2.98. The van der Waals surface area contributed by atoms with Crippen molar-refractivity contribution in [3.05, 3.63) is 11.4 Å². The Labute approximate surface area is 113 Å². The topological polar surface area (TPSA) is 96.9 Å². The molecule has 0 unspecified atom stereocenters. The van der Waals surface area contributed by atoms with Crippen LogP contribution in [-0.4, -0.2) is 41.9 Å². The minimum absolute atomic E-state index is 0.0400. The monoisotopic (exact) mass is 285 g/mol. The van der Waals surface area contributed by atoms with Crippen LogP contribution in [0, 0.1) is 13.8 Å². The van der Waals surface area contributed by atoms with E-state index in [1.54, 1.807) is 13.8 Å². The molecule has 0 amide bonds. The van der Waals surface area contributed by atoms with Crippen LogP contribution in [0.3, 0.4) is 0 Å². The fourth-order valence-corrected chi connectivity index (χ4v) is 2.54. The Morgan fingerprint density at radius 1 is 1.21 bits per heavy atom. The Morgan fingerprint density at radius 2 is 1.95 bits per heavy atom. The lowest BCUT2D eigenvalue weighted by Crippen LogP contribution is -2.24. The fourth-order valence-electron chi connectivity index (χ4n) is 1.55. The van der Waals surface area contributed by atoms with Gasteiger partial charge in [-0.15, -0.1) is 5.10 Å². The summed E-state index contributed by atoms with van der Waals surface area (Å²) in [5.74, 6) is 0.0986. The van der Waals surface area contributed by atoms with E-state index in [1.807, 2.05) is 0 Å². The van der Waals surface area contributed by atoms with E-state index >= 15 is 0 Å². The zero-order chi connectivity index (χ0) is 13.9. The van der Waals surface area contributed by atoms with Crippen molar-refractivity contribution in [2.45, 2.75) is 39.2 Å². The highest BCUT2D eigenvalue weighted by molar-refractivity contribution is 7.92. The molecular formula is C11H19N5O2S. The van der Waals surface area contributed by atoms with Crippen molar-refractivity contribution >= 4 is 16.0 Å². The Kier molecular flexibility index (Phi) is 4.31. The summed E-state index contributed by atoms with van der Waals surface area (Å²) in [5, 5.41) is 10.8. The lowest BCUT2D eigenvalue weighted by atomic mass is 10.4. The van der Waals surface area contributed by atoms with Gasteiger partial charge in [0.1, 0.15) is 0 Å². The first-order chi connectivity index (χ1) is 8.96. The summed E-state index contributed by atoms with van der Waals surface area (Å²) in [4.78, 5) is 4.04. The maximum atomic E-state index is 11.8. The number of nitrogens with zero attached hydrogens (tertiary/aromatic N) is 3. The Hall–Kier alpha value is -1.28. The lowest BCUT2D eigenvalue weighted by molar-refractivity contribution is 0.592. The van der Waals surface area contributed by atoms with Gasteiger partial charge in [0, 0.05) is 6.04 Å². The van der Waals surface area contributed by atoms with Crippen molar-refractivity contribution in [3.8, 4) is 0 Å². The molecule has 0 radical (unpaired) electrons. The first-order valence-electron chi connectivity index (χ1n) is 6.38. The third kappa shape index (κ3) is 4.71. The van der Waals surface area contributed by atoms with E-state index in [-0.39, 0.29) is 11.7 Å². The van der Waals surface area contributed by atoms with Crippen molar-refractivity contribution in [1.29, 1.82) is 0 Å². The molecule has 106 valence electrons. The molecule has 1 aromatic rings. The highest BCUT2D eigenvalue weighted by atomic mass is 32.2. The first kappa shape index (κ1) is 14.1. The SMILES string of the molecule is Cc1nnc(NS(=O)(=O)CCCNC2CC2)nc1C. The molecular weight excluding hydrogens is 266 g/mol. The van der Waals surface area contributed by atoms with Gasteiger partial charge >= 0.3 is 0 Å². The molecule has 2 rings (SSSR count). The summed E-state index contributed by atoms with van der Waals surface area (Å²) in [7, 11) is -3.40. The normalized spacial score (nSPS) is 15.5. The minimum atomic E-state index is -3.40. The summed E-state index contributed by atoms with van der Waals surface area (Å²) in [6.45, 7) is 4.26. The number of sulfonamides is 1. The average molecular weight is 285 g/mol. The van der Waals surface area contributed by atoms with Gasteiger partial charge in [-0.25, -0.2) is 18.1 Å². The average Bonchev–Trinajstić information content (AvgIpc) is 3.13. The van der Waals surface area contributed by atoms with Crippen molar-refractivity contribution in [1.82, 2.24) is 20.5 Å². The highest BCUT2D eigenvalue weighted by Crippen LogP contribution is 2.18. The fraction of sp³-hybridized carbons (Fsp3) is 0.727. The van der Waals surface area contributed by atoms with Crippen LogP contribution < -0.4 is 10.0 Å². The molecule has 7 nitrogen and oxygen atoms in total. The number of hydrogen-bond acceptors (Lipinski definition) is 6. The molecule has 1 aromatic heterocycles. The quantitative estimate of drug-likeness (QED) is 0.703. The highest BCUT2D eigenvalue weighted by Gasteiger charge is 2.20. The minimum Gasteiger partial charge on any atom is -0.314 e. The standard InChI is InChI=1S/C11H19N5O2S/c1-8-9(2)14-15-11(13-8)16-19(17,18)7-3-6-12-10-4-5-10/h10,12H,3-7H2,1-2H3,(H,13,15,16). The molecule has 0 spiro atoms. The van der Waals surface area contributed by atoms with Crippen molar-refractivity contribution in [3.63, 3.8) is 0 Å². The molecule has 1 heterocycles. The van der Waals surface area contributed by atoms with Gasteiger partial charge in [0.15, 0.2) is 0 Å². The number of hydrogen-bond donors (Lipinski definition) is 2. The number of nitrogens with one attached hydrogen (secondary N) is 2. The molecule has 1 aliphatic carbocycles. The van der Waals surface area contributed by atoms with E-state index in [1.165, 1.54) is 12.8 Å². The zero-order valence-electron chi connectivity index (χ0n) is 11.2. The van der Waals surface area contributed by atoms with Crippen LogP contribution in [0.2, 0.25) is 0 Å². The summed E-state index contributed by atoms with van der Waals surface area (Å²) in [6, 6.07) is 0.600. The maximum Gasteiger partial charge on any atom is 0.256 e. The molecule has 0 bridgehead atoms. The molecule has 0 aliphatic heterocycles. The van der Waals surface area contributed by atoms with Gasteiger partial charge in [0.2, 0.25) is 10.0 Å². The van der Waals surface area contributed by atoms with E-state index in [0.717, 1.165) is 6.54 Å². The van der Waals surface area contributed by atoms with E-state index in [0.29, 0.717) is 23.9 Å². The smallest absolute Gasteiger partial charge is 0.256 e. The molecule has 8 heteroatoms. The van der Waals surface area contributed by atoms with E-state index in [4.69, 9.17) is 0 Å². The van der Waals surface area contributed by atoms with Crippen LogP contribution in [0.25, 0.3) is 0 Å². The summed E-state index contributed by atoms with van der Waals surface area (Å²) < 4.78 is 26.0. The molecule has 1 saturated carbocycles. The van der Waals surface area contributed by atoms with E-state index < -0.39 is 10.0 Å². The number of aromatic nitrogens is 3. The molecule has 19 heavy (non-hydrogen) atoms. The van der Waals surface area contributed by atoms with Gasteiger partial charge in [0.05, 0.1) is 17.1 Å². The Morgan fingerprint density at radius 3 is 2.58 bits per heavy atom. The lowest BCUT2D eigenvalue weighted by Gasteiger charge is -2.07. The van der Waals surface area contributed by atoms with Crippen LogP contribution in [0.4, 0.5) is 5.95 Å². The molecule has 0 aromatic carbocycles. The second-order valence-corrected chi connectivity index (χ2v) is 6.65. The predicted octanol–water partition coefficient (Wildman–Crippen LogP) is 0.372. The van der Waals surface area contributed by atoms with Crippen LogP contribution in [0.5, 0.6) is 0 Å². The van der Waals surface area contributed by atoms with E-state index in [2.05, 4.69) is 25.2 Å². The molecule has 0 atom stereocenters. The third-order valence-electron chi connectivity index (χ3n) is 2.94. The van der Waals surface area contributed by atoms with Gasteiger partial charge in [-0.1, -0.05) is 0 Å². The largest absolute Gasteiger partial charge is 0.314 e. The van der Waals surface area contributed by atoms with Crippen LogP contribution in [-0.2, 0) is 10.0 Å². The Balaban J connectivity index is 1.82. The van der Waals surface area contributed by atoms with Gasteiger partial charge in [0.25, 0.3) is 5.95 Å². The summed E-state index contributed by atoms with van der Waals surface area (Å²) in [5.41, 5.74) is 1.36.